The van der Waals surface area contributed by atoms with Crippen LogP contribution in [0.3, 0.4) is 0 Å². The summed E-state index contributed by atoms with van der Waals surface area (Å²) in [5.41, 5.74) is 0. The molecule has 0 aliphatic carbocycles. The second-order valence-corrected chi connectivity index (χ2v) is 4.42. The van der Waals surface area contributed by atoms with Gasteiger partial charge in [-0.2, -0.15) is 4.98 Å². The minimum absolute atomic E-state index is 0.0527. The van der Waals surface area contributed by atoms with Crippen molar-refractivity contribution in [3.05, 3.63) is 11.2 Å². The molecule has 0 aromatic carbocycles. The zero-order chi connectivity index (χ0) is 14.1. The quantitative estimate of drug-likeness (QED) is 0.725. The van der Waals surface area contributed by atoms with Gasteiger partial charge in [0.15, 0.2) is 5.82 Å². The fourth-order valence-electron chi connectivity index (χ4n) is 1.42. The maximum absolute atomic E-state index is 6.05. The zero-order valence-corrected chi connectivity index (χ0v) is 12.3. The standard InChI is InChI=1S/C12H21ClN4O2/c1-4-5-14-12-16-7-10(13)11(17-12)15-6-9(19-3)8-18-2/h7,9H,4-6,8H2,1-3H3,(H2,14,15,16,17). The molecule has 0 saturated carbocycles. The average Bonchev–Trinajstić information content (AvgIpc) is 2.43. The summed E-state index contributed by atoms with van der Waals surface area (Å²) in [6.45, 7) is 3.98. The van der Waals surface area contributed by atoms with Crippen LogP contribution in [0.4, 0.5) is 11.8 Å². The molecule has 0 aliphatic rings. The van der Waals surface area contributed by atoms with Gasteiger partial charge in [0.1, 0.15) is 5.02 Å². The first-order valence-corrected chi connectivity index (χ1v) is 6.61. The van der Waals surface area contributed by atoms with Crippen LogP contribution in [0.25, 0.3) is 0 Å². The Balaban J connectivity index is 2.60. The first-order chi connectivity index (χ1) is 9.21. The number of nitrogens with one attached hydrogen (secondary N) is 2. The summed E-state index contributed by atoms with van der Waals surface area (Å²) in [7, 11) is 3.28. The van der Waals surface area contributed by atoms with Gasteiger partial charge in [-0.05, 0) is 6.42 Å². The van der Waals surface area contributed by atoms with Crippen molar-refractivity contribution in [1.29, 1.82) is 0 Å². The number of methoxy groups -OCH3 is 2. The third-order valence-electron chi connectivity index (χ3n) is 2.46. The van der Waals surface area contributed by atoms with Gasteiger partial charge in [-0.3, -0.25) is 0 Å². The minimum atomic E-state index is -0.0527. The number of nitrogens with zero attached hydrogens (tertiary/aromatic N) is 2. The first-order valence-electron chi connectivity index (χ1n) is 6.23. The van der Waals surface area contributed by atoms with Gasteiger partial charge < -0.3 is 20.1 Å². The third-order valence-corrected chi connectivity index (χ3v) is 2.74. The maximum Gasteiger partial charge on any atom is 0.224 e. The molecule has 1 rings (SSSR count). The summed E-state index contributed by atoms with van der Waals surface area (Å²) in [6.07, 6.45) is 2.53. The Hall–Kier alpha value is -1.11. The minimum Gasteiger partial charge on any atom is -0.382 e. The third kappa shape index (κ3) is 5.59. The molecule has 0 spiro atoms. The van der Waals surface area contributed by atoms with Crippen molar-refractivity contribution < 1.29 is 9.47 Å². The van der Waals surface area contributed by atoms with E-state index < -0.39 is 0 Å². The van der Waals surface area contributed by atoms with Crippen LogP contribution in [-0.4, -0.2) is 50.0 Å². The highest BCUT2D eigenvalue weighted by Crippen LogP contribution is 2.19. The van der Waals surface area contributed by atoms with E-state index in [1.165, 1.54) is 0 Å². The molecule has 0 fully saturated rings. The number of halogens is 1. The summed E-state index contributed by atoms with van der Waals surface area (Å²) in [4.78, 5) is 8.42. The topological polar surface area (TPSA) is 68.3 Å². The van der Waals surface area contributed by atoms with Crippen molar-refractivity contribution >= 4 is 23.4 Å². The fourth-order valence-corrected chi connectivity index (χ4v) is 1.58. The lowest BCUT2D eigenvalue weighted by atomic mass is 10.3. The molecule has 108 valence electrons. The van der Waals surface area contributed by atoms with Gasteiger partial charge in [0.25, 0.3) is 0 Å². The van der Waals surface area contributed by atoms with E-state index in [4.69, 9.17) is 21.1 Å². The molecule has 1 aromatic heterocycles. The highest BCUT2D eigenvalue weighted by Gasteiger charge is 2.10. The second-order valence-electron chi connectivity index (χ2n) is 4.01. The zero-order valence-electron chi connectivity index (χ0n) is 11.6. The van der Waals surface area contributed by atoms with Gasteiger partial charge in [-0.1, -0.05) is 18.5 Å². The van der Waals surface area contributed by atoms with Gasteiger partial charge in [0.05, 0.1) is 18.9 Å². The van der Waals surface area contributed by atoms with Crippen LogP contribution in [0.1, 0.15) is 13.3 Å². The molecule has 19 heavy (non-hydrogen) atoms. The van der Waals surface area contributed by atoms with Crippen molar-refractivity contribution in [2.45, 2.75) is 19.4 Å². The van der Waals surface area contributed by atoms with E-state index in [1.54, 1.807) is 20.4 Å². The summed E-state index contributed by atoms with van der Waals surface area (Å²) in [5.74, 6) is 1.16. The molecule has 2 N–H and O–H groups in total. The Kier molecular flexibility index (Phi) is 7.47. The average molecular weight is 289 g/mol. The van der Waals surface area contributed by atoms with E-state index in [2.05, 4.69) is 27.5 Å². The first kappa shape index (κ1) is 15.9. The number of hydrogen-bond acceptors (Lipinski definition) is 6. The van der Waals surface area contributed by atoms with Crippen molar-refractivity contribution in [3.63, 3.8) is 0 Å². The number of anilines is 2. The molecule has 7 heteroatoms. The van der Waals surface area contributed by atoms with Crippen molar-refractivity contribution in [2.24, 2.45) is 0 Å². The Labute approximate surface area is 118 Å². The Morgan fingerprint density at radius 1 is 1.37 bits per heavy atom. The predicted molar refractivity (Wildman–Crippen MR) is 77.0 cm³/mol. The number of hydrogen-bond donors (Lipinski definition) is 2. The summed E-state index contributed by atoms with van der Waals surface area (Å²) >= 11 is 6.05. The van der Waals surface area contributed by atoms with Crippen molar-refractivity contribution in [3.8, 4) is 0 Å². The Morgan fingerprint density at radius 2 is 2.16 bits per heavy atom. The molecule has 0 radical (unpaired) electrons. The summed E-state index contributed by atoms with van der Waals surface area (Å²) < 4.78 is 10.3. The molecule has 1 atom stereocenters. The van der Waals surface area contributed by atoms with Crippen LogP contribution in [0.5, 0.6) is 0 Å². The highest BCUT2D eigenvalue weighted by atomic mass is 35.5. The molecule has 6 nitrogen and oxygen atoms in total. The lowest BCUT2D eigenvalue weighted by Crippen LogP contribution is -2.27. The molecule has 0 aliphatic heterocycles. The highest BCUT2D eigenvalue weighted by molar-refractivity contribution is 6.32. The van der Waals surface area contributed by atoms with Gasteiger partial charge in [0, 0.05) is 27.3 Å². The molecule has 1 aromatic rings. The number of aromatic nitrogens is 2. The van der Waals surface area contributed by atoms with E-state index in [0.29, 0.717) is 29.9 Å². The van der Waals surface area contributed by atoms with Crippen LogP contribution < -0.4 is 10.6 Å². The van der Waals surface area contributed by atoms with Crippen LogP contribution in [-0.2, 0) is 9.47 Å². The van der Waals surface area contributed by atoms with Crippen LogP contribution in [0.15, 0.2) is 6.20 Å². The lowest BCUT2D eigenvalue weighted by Gasteiger charge is -2.16. The molecule has 1 heterocycles. The van der Waals surface area contributed by atoms with Gasteiger partial charge in [-0.25, -0.2) is 4.98 Å². The summed E-state index contributed by atoms with van der Waals surface area (Å²) in [6, 6.07) is 0. The van der Waals surface area contributed by atoms with Crippen molar-refractivity contribution in [1.82, 2.24) is 9.97 Å². The van der Waals surface area contributed by atoms with Crippen LogP contribution >= 0.6 is 11.6 Å². The maximum atomic E-state index is 6.05. The molecule has 0 bridgehead atoms. The Bertz CT molecular complexity index is 379. The molecular formula is C12H21ClN4O2. The van der Waals surface area contributed by atoms with Gasteiger partial charge >= 0.3 is 0 Å². The normalized spacial score (nSPS) is 12.2. The number of rotatable bonds is 9. The Morgan fingerprint density at radius 3 is 2.79 bits per heavy atom. The largest absolute Gasteiger partial charge is 0.382 e. The summed E-state index contributed by atoms with van der Waals surface area (Å²) in [5, 5.41) is 6.73. The molecular weight excluding hydrogens is 268 g/mol. The predicted octanol–water partition coefficient (Wildman–Crippen LogP) is 2.03. The smallest absolute Gasteiger partial charge is 0.224 e. The SMILES string of the molecule is CCCNc1ncc(Cl)c(NCC(COC)OC)n1. The monoisotopic (exact) mass is 288 g/mol. The van der Waals surface area contributed by atoms with E-state index in [0.717, 1.165) is 13.0 Å². The van der Waals surface area contributed by atoms with E-state index >= 15 is 0 Å². The van der Waals surface area contributed by atoms with Crippen LogP contribution in [0, 0.1) is 0 Å². The van der Waals surface area contributed by atoms with E-state index in [-0.39, 0.29) is 6.10 Å². The molecule has 0 amide bonds. The van der Waals surface area contributed by atoms with Gasteiger partial charge in [0.2, 0.25) is 5.95 Å². The van der Waals surface area contributed by atoms with E-state index in [1.807, 2.05) is 0 Å². The number of ether oxygens (including phenoxy) is 2. The fraction of sp³-hybridized carbons (Fsp3) is 0.667. The molecule has 0 saturated heterocycles. The van der Waals surface area contributed by atoms with Crippen LogP contribution in [0.2, 0.25) is 5.02 Å². The van der Waals surface area contributed by atoms with Gasteiger partial charge in [-0.15, -0.1) is 0 Å². The lowest BCUT2D eigenvalue weighted by molar-refractivity contribution is 0.0365. The molecule has 1 unspecified atom stereocenters. The van der Waals surface area contributed by atoms with E-state index in [9.17, 15) is 0 Å². The second kappa shape index (κ2) is 8.90. The van der Waals surface area contributed by atoms with Crippen molar-refractivity contribution in [2.75, 3.05) is 44.5 Å².